The first-order chi connectivity index (χ1) is 5.54. The molecule has 0 saturated heterocycles. The molecule has 64 valence electrons. The summed E-state index contributed by atoms with van der Waals surface area (Å²) in [5.41, 5.74) is 0.978. The second-order valence-electron chi connectivity index (χ2n) is 2.34. The van der Waals surface area contributed by atoms with Gasteiger partial charge in [0, 0.05) is 3.57 Å². The predicted octanol–water partition coefficient (Wildman–Crippen LogP) is 2.95. The van der Waals surface area contributed by atoms with Crippen molar-refractivity contribution >= 4 is 40.2 Å². The lowest BCUT2D eigenvalue weighted by molar-refractivity contribution is 0.0697. The van der Waals surface area contributed by atoms with Crippen molar-refractivity contribution in [3.63, 3.8) is 0 Å². The molecule has 0 aliphatic heterocycles. The highest BCUT2D eigenvalue weighted by Crippen LogP contribution is 2.24. The molecule has 0 atom stereocenters. The minimum Gasteiger partial charge on any atom is -0.478 e. The normalized spacial score (nSPS) is 9.92. The third-order valence-corrected chi connectivity index (χ3v) is 3.21. The number of aromatic carboxylic acids is 1. The first-order valence-corrected chi connectivity index (χ1v) is 4.67. The largest absolute Gasteiger partial charge is 0.478 e. The Morgan fingerprint density at radius 3 is 2.67 bits per heavy atom. The summed E-state index contributed by atoms with van der Waals surface area (Å²) in [6.45, 7) is 1.80. The summed E-state index contributed by atoms with van der Waals surface area (Å²) in [7, 11) is 0. The number of halogens is 2. The molecule has 0 aliphatic rings. The van der Waals surface area contributed by atoms with Crippen molar-refractivity contribution in [1.29, 1.82) is 0 Å². The number of carboxylic acids is 1. The van der Waals surface area contributed by atoms with Gasteiger partial charge in [-0.3, -0.25) is 0 Å². The molecule has 0 heterocycles. The van der Waals surface area contributed by atoms with Crippen LogP contribution in [0.1, 0.15) is 15.9 Å². The minimum atomic E-state index is -0.987. The van der Waals surface area contributed by atoms with Crippen molar-refractivity contribution in [1.82, 2.24) is 0 Å². The van der Waals surface area contributed by atoms with Crippen LogP contribution >= 0.6 is 34.2 Å². The second kappa shape index (κ2) is 3.62. The number of hydrogen-bond donors (Lipinski definition) is 1. The van der Waals surface area contributed by atoms with Crippen molar-refractivity contribution < 1.29 is 9.90 Å². The predicted molar refractivity (Wildman–Crippen MR) is 55.9 cm³/mol. The zero-order chi connectivity index (χ0) is 9.30. The molecule has 0 spiro atoms. The Labute approximate surface area is 88.7 Å². The van der Waals surface area contributed by atoms with E-state index in [1.54, 1.807) is 13.0 Å². The van der Waals surface area contributed by atoms with Crippen LogP contribution in [0, 0.1) is 10.5 Å². The van der Waals surface area contributed by atoms with E-state index in [-0.39, 0.29) is 5.56 Å². The first kappa shape index (κ1) is 9.80. The van der Waals surface area contributed by atoms with Gasteiger partial charge < -0.3 is 5.11 Å². The van der Waals surface area contributed by atoms with E-state index in [2.05, 4.69) is 22.6 Å². The van der Waals surface area contributed by atoms with Crippen LogP contribution in [0.5, 0.6) is 0 Å². The van der Waals surface area contributed by atoms with Gasteiger partial charge in [0.25, 0.3) is 0 Å². The maximum Gasteiger partial charge on any atom is 0.337 e. The number of rotatable bonds is 1. The van der Waals surface area contributed by atoms with Crippen molar-refractivity contribution in [2.45, 2.75) is 6.92 Å². The summed E-state index contributed by atoms with van der Waals surface area (Å²) in [5, 5.41) is 9.02. The topological polar surface area (TPSA) is 37.3 Å². The maximum atomic E-state index is 10.6. The molecule has 1 aromatic carbocycles. The van der Waals surface area contributed by atoms with E-state index in [1.807, 2.05) is 0 Å². The van der Waals surface area contributed by atoms with Gasteiger partial charge in [-0.15, -0.1) is 0 Å². The maximum absolute atomic E-state index is 10.6. The molecular formula is C8H6ClIO2. The van der Waals surface area contributed by atoms with Crippen LogP contribution in [0.4, 0.5) is 0 Å². The van der Waals surface area contributed by atoms with Gasteiger partial charge in [-0.05, 0) is 47.2 Å². The smallest absolute Gasteiger partial charge is 0.337 e. The van der Waals surface area contributed by atoms with Crippen LogP contribution in [0.2, 0.25) is 5.02 Å². The van der Waals surface area contributed by atoms with Crippen LogP contribution in [-0.2, 0) is 0 Å². The molecule has 1 N–H and O–H groups in total. The van der Waals surface area contributed by atoms with Crippen LogP contribution in [-0.4, -0.2) is 11.1 Å². The molecule has 0 saturated carbocycles. The average molecular weight is 296 g/mol. The third kappa shape index (κ3) is 1.72. The number of hydrogen-bond acceptors (Lipinski definition) is 1. The molecule has 2 nitrogen and oxygen atoms in total. The average Bonchev–Trinajstić information content (AvgIpc) is 2.00. The van der Waals surface area contributed by atoms with Gasteiger partial charge in [-0.2, -0.15) is 0 Å². The fourth-order valence-corrected chi connectivity index (χ4v) is 1.68. The molecule has 1 rings (SSSR count). The zero-order valence-electron chi connectivity index (χ0n) is 6.27. The zero-order valence-corrected chi connectivity index (χ0v) is 9.18. The highest BCUT2D eigenvalue weighted by atomic mass is 127. The minimum absolute atomic E-state index is 0.162. The van der Waals surface area contributed by atoms with Gasteiger partial charge in [0.2, 0.25) is 0 Å². The lowest BCUT2D eigenvalue weighted by Gasteiger charge is -2.03. The van der Waals surface area contributed by atoms with Crippen molar-refractivity contribution in [2.75, 3.05) is 0 Å². The Morgan fingerprint density at radius 1 is 1.58 bits per heavy atom. The Balaban J connectivity index is 3.36. The van der Waals surface area contributed by atoms with E-state index in [0.29, 0.717) is 5.02 Å². The number of benzene rings is 1. The Morgan fingerprint density at radius 2 is 2.17 bits per heavy atom. The quantitative estimate of drug-likeness (QED) is 0.809. The molecule has 0 aliphatic carbocycles. The van der Waals surface area contributed by atoms with E-state index < -0.39 is 5.97 Å². The lowest BCUT2D eigenvalue weighted by Crippen LogP contribution is -1.99. The summed E-state index contributed by atoms with van der Waals surface area (Å²) in [4.78, 5) is 10.6. The molecule has 0 aromatic heterocycles. The SMILES string of the molecule is Cc1c(I)ccc(C(=O)O)c1Cl. The standard InChI is InChI=1S/C8H6ClIO2/c1-4-6(10)3-2-5(7(4)9)8(11)12/h2-3H,1H3,(H,11,12). The molecule has 4 heteroatoms. The number of carbonyl (C=O) groups is 1. The summed E-state index contributed by atoms with van der Waals surface area (Å²) in [6, 6.07) is 3.25. The van der Waals surface area contributed by atoms with Gasteiger partial charge in [-0.1, -0.05) is 11.6 Å². The summed E-state index contributed by atoms with van der Waals surface area (Å²) in [5.74, 6) is -0.987. The molecule has 0 unspecified atom stereocenters. The van der Waals surface area contributed by atoms with Crippen LogP contribution in [0.15, 0.2) is 12.1 Å². The lowest BCUT2D eigenvalue weighted by atomic mass is 10.1. The van der Waals surface area contributed by atoms with Gasteiger partial charge >= 0.3 is 5.97 Å². The highest BCUT2D eigenvalue weighted by Gasteiger charge is 2.11. The fraction of sp³-hybridized carbons (Fsp3) is 0.125. The Bertz CT molecular complexity index is 336. The molecular weight excluding hydrogens is 290 g/mol. The molecule has 0 fully saturated rings. The van der Waals surface area contributed by atoms with E-state index >= 15 is 0 Å². The molecule has 12 heavy (non-hydrogen) atoms. The Kier molecular flexibility index (Phi) is 2.95. The van der Waals surface area contributed by atoms with Crippen molar-refractivity contribution in [2.24, 2.45) is 0 Å². The van der Waals surface area contributed by atoms with Crippen molar-refractivity contribution in [3.8, 4) is 0 Å². The monoisotopic (exact) mass is 296 g/mol. The van der Waals surface area contributed by atoms with E-state index in [9.17, 15) is 4.79 Å². The van der Waals surface area contributed by atoms with Gasteiger partial charge in [0.15, 0.2) is 0 Å². The molecule has 1 aromatic rings. The second-order valence-corrected chi connectivity index (χ2v) is 3.88. The van der Waals surface area contributed by atoms with E-state index in [1.165, 1.54) is 6.07 Å². The van der Waals surface area contributed by atoms with E-state index in [0.717, 1.165) is 9.13 Å². The summed E-state index contributed by atoms with van der Waals surface area (Å²) < 4.78 is 0.975. The van der Waals surface area contributed by atoms with Gasteiger partial charge in [0.1, 0.15) is 0 Å². The van der Waals surface area contributed by atoms with Crippen molar-refractivity contribution in [3.05, 3.63) is 31.9 Å². The Hall–Kier alpha value is -0.290. The van der Waals surface area contributed by atoms with Crippen LogP contribution < -0.4 is 0 Å². The fourth-order valence-electron chi connectivity index (χ4n) is 0.827. The number of carboxylic acid groups (broad SMARTS) is 1. The van der Waals surface area contributed by atoms with Crippen LogP contribution in [0.3, 0.4) is 0 Å². The first-order valence-electron chi connectivity index (χ1n) is 3.22. The highest BCUT2D eigenvalue weighted by molar-refractivity contribution is 14.1. The molecule has 0 radical (unpaired) electrons. The summed E-state index contributed by atoms with van der Waals surface area (Å²) >= 11 is 7.92. The third-order valence-electron chi connectivity index (χ3n) is 1.55. The van der Waals surface area contributed by atoms with E-state index in [4.69, 9.17) is 16.7 Å². The molecule has 0 amide bonds. The van der Waals surface area contributed by atoms with Gasteiger partial charge in [0.05, 0.1) is 10.6 Å². The van der Waals surface area contributed by atoms with Crippen LogP contribution in [0.25, 0.3) is 0 Å². The van der Waals surface area contributed by atoms with Gasteiger partial charge in [-0.25, -0.2) is 4.79 Å². The molecule has 0 bridgehead atoms. The summed E-state index contributed by atoms with van der Waals surface area (Å²) in [6.07, 6.45) is 0.